The van der Waals surface area contributed by atoms with E-state index in [-0.39, 0.29) is 60.3 Å². The lowest BCUT2D eigenvalue weighted by Crippen LogP contribution is -2.59. The van der Waals surface area contributed by atoms with Gasteiger partial charge in [-0.25, -0.2) is 19.1 Å². The summed E-state index contributed by atoms with van der Waals surface area (Å²) in [6, 6.07) is 18.7. The lowest BCUT2D eigenvalue weighted by molar-refractivity contribution is -0.402. The second-order valence-electron chi connectivity index (χ2n) is 21.4. The highest BCUT2D eigenvalue weighted by Crippen LogP contribution is 2.40. The van der Waals surface area contributed by atoms with Crippen LogP contribution in [0.15, 0.2) is 59.4 Å². The zero-order chi connectivity index (χ0) is 52.9. The predicted octanol–water partition coefficient (Wildman–Crippen LogP) is 6.60. The molecule has 5 aliphatic rings. The van der Waals surface area contributed by atoms with Gasteiger partial charge in [-0.1, -0.05) is 18.5 Å². The molecule has 2 saturated heterocycles. The molecule has 0 radical (unpaired) electrons. The molecule has 75 heavy (non-hydrogen) atoms. The van der Waals surface area contributed by atoms with Gasteiger partial charge in [0.25, 0.3) is 11.5 Å². The highest BCUT2D eigenvalue weighted by molar-refractivity contribution is 6.31. The van der Waals surface area contributed by atoms with Gasteiger partial charge in [-0.15, -0.1) is 10.2 Å². The summed E-state index contributed by atoms with van der Waals surface area (Å²) >= 11 is 6.26. The van der Waals surface area contributed by atoms with Crippen molar-refractivity contribution in [2.45, 2.75) is 109 Å². The number of amides is 2. The normalized spacial score (nSPS) is 23.1. The molecule has 10 rings (SSSR count). The van der Waals surface area contributed by atoms with Crippen LogP contribution in [-0.2, 0) is 34.8 Å². The van der Waals surface area contributed by atoms with Crippen molar-refractivity contribution in [1.82, 2.24) is 39.8 Å². The van der Waals surface area contributed by atoms with Crippen LogP contribution in [-0.4, -0.2) is 140 Å². The SMILES string of the molecule is CC[C@@]1(O)C(=O)OCc2c1cc1n(c2=O)Cc2cc3c(CN(C)C)c(OC(=O)N4C[C@H](C)N(CC5CCN(c6ccc(C(=O)NC7CCC(/C=[N+](/C)c8ccc(C#N)c(Cl)c8)CC7)nn6)CC5)C[C@H]4C)ccc3nc2-1. The minimum atomic E-state index is -1.91. The molecular weight excluding hydrogens is 974 g/mol. The molecule has 5 aromatic rings. The number of nitrogens with zero attached hydrogens (tertiary/aromatic N) is 10. The number of anilines is 1. The molecule has 2 N–H and O–H groups in total. The Bertz CT molecular complexity index is 3190. The number of benzene rings is 2. The first kappa shape index (κ1) is 51.7. The fourth-order valence-corrected chi connectivity index (χ4v) is 11.9. The van der Waals surface area contributed by atoms with Crippen molar-refractivity contribution in [3.63, 3.8) is 0 Å². The summed E-state index contributed by atoms with van der Waals surface area (Å²) in [4.78, 5) is 67.5. The van der Waals surface area contributed by atoms with Crippen LogP contribution in [0.3, 0.4) is 0 Å². The Morgan fingerprint density at radius 2 is 1.79 bits per heavy atom. The third-order valence-electron chi connectivity index (χ3n) is 16.1. The van der Waals surface area contributed by atoms with Crippen LogP contribution < -0.4 is 20.5 Å². The van der Waals surface area contributed by atoms with Crippen molar-refractivity contribution in [2.75, 3.05) is 58.8 Å². The largest absolute Gasteiger partial charge is 0.458 e. The number of aliphatic hydroxyl groups is 1. The number of hydrogen-bond donors (Lipinski definition) is 2. The van der Waals surface area contributed by atoms with E-state index in [0.29, 0.717) is 63.9 Å². The summed E-state index contributed by atoms with van der Waals surface area (Å²) < 4.78 is 15.2. The number of piperazine rings is 1. The number of cyclic esters (lactones) is 1. The fourth-order valence-electron chi connectivity index (χ4n) is 11.7. The minimum Gasteiger partial charge on any atom is -0.458 e. The Morgan fingerprint density at radius 1 is 1.01 bits per heavy atom. The van der Waals surface area contributed by atoms with Crippen molar-refractivity contribution in [1.29, 1.82) is 5.26 Å². The molecule has 4 aliphatic heterocycles. The van der Waals surface area contributed by atoms with E-state index in [0.717, 1.165) is 92.7 Å². The highest BCUT2D eigenvalue weighted by Gasteiger charge is 2.45. The average Bonchev–Trinajstić information content (AvgIpc) is 3.78. The van der Waals surface area contributed by atoms with Gasteiger partial charge in [-0.05, 0) is 121 Å². The Hall–Kier alpha value is -6.78. The zero-order valence-corrected chi connectivity index (χ0v) is 44.3. The molecule has 19 heteroatoms. The summed E-state index contributed by atoms with van der Waals surface area (Å²) in [5.41, 5.74) is 3.43. The number of piperidine rings is 1. The standard InChI is InChI=1S/C56H64ClN11O7/c1-7-56(73)44-24-48-51-38(30-68(48)53(70)43(44)32-74-54(56)71)22-41-42(31-63(4)5)49(16-14-46(41)60-51)75-55(72)67-27-33(2)66(26-34(67)3)29-36-18-20-65(21-19-36)50-17-15-47(61-62-50)52(69)59-39-11-8-35(9-12-39)28-64(6)40-13-10-37(25-58)45(57)23-40/h10,13-17,22-24,28,33-36,39,73H,7-9,11-12,18-21,26-27,29-32H2,1-6H3/p+1/b64-28-/t33-,34+,35?,39?,56-/m0/s1. The second kappa shape index (κ2) is 21.1. The number of nitriles is 1. The van der Waals surface area contributed by atoms with Gasteiger partial charge in [0.2, 0.25) is 5.69 Å². The Morgan fingerprint density at radius 3 is 2.48 bits per heavy atom. The van der Waals surface area contributed by atoms with Gasteiger partial charge in [-0.2, -0.15) is 5.26 Å². The molecule has 0 spiro atoms. The molecule has 3 aromatic heterocycles. The molecule has 1 saturated carbocycles. The number of aromatic nitrogens is 4. The average molecular weight is 1040 g/mol. The van der Waals surface area contributed by atoms with Gasteiger partial charge in [0.15, 0.2) is 17.1 Å². The summed E-state index contributed by atoms with van der Waals surface area (Å²) in [7, 11) is 5.90. The first-order valence-corrected chi connectivity index (χ1v) is 26.6. The van der Waals surface area contributed by atoms with E-state index in [9.17, 15) is 29.5 Å². The molecule has 3 atom stereocenters. The number of halogens is 1. The second-order valence-corrected chi connectivity index (χ2v) is 21.9. The number of carbonyl (C=O) groups excluding carboxylic acids is 3. The Labute approximate surface area is 441 Å². The van der Waals surface area contributed by atoms with E-state index in [4.69, 9.17) is 26.1 Å². The third kappa shape index (κ3) is 10.2. The van der Waals surface area contributed by atoms with E-state index in [1.807, 2.05) is 61.3 Å². The van der Waals surface area contributed by atoms with Gasteiger partial charge >= 0.3 is 12.1 Å². The van der Waals surface area contributed by atoms with E-state index in [1.165, 1.54) is 0 Å². The van der Waals surface area contributed by atoms with Crippen molar-refractivity contribution in [3.8, 4) is 23.2 Å². The lowest BCUT2D eigenvalue weighted by atomic mass is 9.86. The van der Waals surface area contributed by atoms with E-state index in [1.54, 1.807) is 35.8 Å². The smallest absolute Gasteiger partial charge is 0.415 e. The zero-order valence-electron chi connectivity index (χ0n) is 43.5. The van der Waals surface area contributed by atoms with Crippen molar-refractivity contribution >= 4 is 58.2 Å². The molecule has 1 aliphatic carbocycles. The molecule has 392 valence electrons. The first-order valence-electron chi connectivity index (χ1n) is 26.2. The van der Waals surface area contributed by atoms with Crippen molar-refractivity contribution < 1.29 is 33.5 Å². The molecule has 2 amide bonds. The van der Waals surface area contributed by atoms with Crippen LogP contribution in [0.1, 0.15) is 104 Å². The number of pyridine rings is 2. The lowest BCUT2D eigenvalue weighted by Gasteiger charge is -2.45. The Balaban J connectivity index is 0.713. The number of carbonyl (C=O) groups is 3. The van der Waals surface area contributed by atoms with Gasteiger partial charge in [-0.3, -0.25) is 14.5 Å². The number of fused-ring (bicyclic) bond motifs is 5. The number of ether oxygens (including phenoxy) is 2. The van der Waals surface area contributed by atoms with Gasteiger partial charge in [0.05, 0.1) is 39.6 Å². The molecular formula is C56H65ClN11O7+. The topological polar surface area (TPSA) is 202 Å². The van der Waals surface area contributed by atoms with Gasteiger partial charge in [0.1, 0.15) is 31.7 Å². The monoisotopic (exact) mass is 1040 g/mol. The number of rotatable bonds is 11. The number of nitrogens with one attached hydrogen (secondary N) is 1. The minimum absolute atomic E-state index is 0.0618. The highest BCUT2D eigenvalue weighted by atomic mass is 35.5. The molecule has 3 fully saturated rings. The number of esters is 1. The quantitative estimate of drug-likeness (QED) is 0.0799. The van der Waals surface area contributed by atoms with Crippen molar-refractivity contribution in [2.24, 2.45) is 11.8 Å². The fraction of sp³-hybridized carbons (Fsp3) is 0.482. The summed E-state index contributed by atoms with van der Waals surface area (Å²) in [6.07, 6.45) is 7.45. The van der Waals surface area contributed by atoms with E-state index >= 15 is 0 Å². The summed E-state index contributed by atoms with van der Waals surface area (Å²) in [6.45, 7) is 10.3. The van der Waals surface area contributed by atoms with Crippen molar-refractivity contribution in [3.05, 3.63) is 103 Å². The molecule has 2 aromatic carbocycles. The van der Waals surface area contributed by atoms with E-state index in [2.05, 4.69) is 56.0 Å². The maximum atomic E-state index is 14.1. The first-order chi connectivity index (χ1) is 36.0. The molecule has 0 bridgehead atoms. The molecule has 18 nitrogen and oxygen atoms in total. The third-order valence-corrected chi connectivity index (χ3v) is 16.4. The van der Waals surface area contributed by atoms with Crippen LogP contribution in [0.25, 0.3) is 22.3 Å². The maximum Gasteiger partial charge on any atom is 0.415 e. The van der Waals surface area contributed by atoms with Gasteiger partial charge < -0.3 is 39.2 Å². The number of hydrogen-bond acceptors (Lipinski definition) is 14. The predicted molar refractivity (Wildman–Crippen MR) is 283 cm³/mol. The summed E-state index contributed by atoms with van der Waals surface area (Å²) in [5, 5.41) is 33.8. The van der Waals surface area contributed by atoms with Crippen LogP contribution in [0.2, 0.25) is 5.02 Å². The maximum absolute atomic E-state index is 14.1. The molecule has 7 heterocycles. The molecule has 0 unspecified atom stereocenters. The Kier molecular flexibility index (Phi) is 14.5. The van der Waals surface area contributed by atoms with Crippen LogP contribution in [0.5, 0.6) is 5.75 Å². The van der Waals surface area contributed by atoms with Gasteiger partial charge in [0, 0.05) is 97.5 Å². The van der Waals surface area contributed by atoms with E-state index < -0.39 is 17.7 Å². The van der Waals surface area contributed by atoms with Crippen LogP contribution >= 0.6 is 11.6 Å². The van der Waals surface area contributed by atoms with Crippen LogP contribution in [0.4, 0.5) is 16.3 Å². The van der Waals surface area contributed by atoms with Crippen LogP contribution in [0, 0.1) is 23.2 Å². The summed E-state index contributed by atoms with van der Waals surface area (Å²) in [5.74, 6) is 1.10.